The van der Waals surface area contributed by atoms with Crippen molar-refractivity contribution in [3.05, 3.63) is 133 Å². The highest BCUT2D eigenvalue weighted by Gasteiger charge is 2.20. The van der Waals surface area contributed by atoms with Gasteiger partial charge in [0.05, 0.1) is 17.7 Å². The molecule has 0 fully saturated rings. The molecule has 0 N–H and O–H groups in total. The molecule has 5 heteroatoms. The predicted molar refractivity (Wildman–Crippen MR) is 188 cm³/mol. The van der Waals surface area contributed by atoms with Gasteiger partial charge >= 0.3 is 0 Å². The highest BCUT2D eigenvalue weighted by molar-refractivity contribution is 6.09. The predicted octanol–water partition coefficient (Wildman–Crippen LogP) is 10.3. The van der Waals surface area contributed by atoms with Crippen LogP contribution in [0.4, 0.5) is 11.4 Å². The van der Waals surface area contributed by atoms with Gasteiger partial charge in [0.15, 0.2) is 0 Å². The SMILES string of the molecule is CC(C)(C)c1cccc(N2C=CN(c3cccc(Oc4ccc5c6ccccc6n(-c6cc(C(C)(C)C)ccn6)c5c4)c3)C2)c1. The number of hydrogen-bond acceptors (Lipinski definition) is 4. The van der Waals surface area contributed by atoms with Crippen LogP contribution >= 0.6 is 0 Å². The van der Waals surface area contributed by atoms with Gasteiger partial charge in [-0.2, -0.15) is 0 Å². The molecular formula is C40H40N4O. The molecule has 6 aromatic rings. The first-order valence-electron chi connectivity index (χ1n) is 15.6. The summed E-state index contributed by atoms with van der Waals surface area (Å²) in [7, 11) is 0. The Morgan fingerprint density at radius 3 is 1.98 bits per heavy atom. The van der Waals surface area contributed by atoms with E-state index in [2.05, 4.69) is 165 Å². The topological polar surface area (TPSA) is 33.5 Å². The number of benzene rings is 4. The van der Waals surface area contributed by atoms with Gasteiger partial charge in [0.2, 0.25) is 0 Å². The first kappa shape index (κ1) is 28.7. The number of para-hydroxylation sites is 1. The maximum atomic E-state index is 6.52. The molecule has 1 aliphatic rings. The van der Waals surface area contributed by atoms with Crippen LogP contribution in [0.3, 0.4) is 0 Å². The van der Waals surface area contributed by atoms with Crippen LogP contribution in [0, 0.1) is 0 Å². The van der Waals surface area contributed by atoms with Crippen molar-refractivity contribution in [2.45, 2.75) is 52.4 Å². The molecule has 4 aromatic carbocycles. The van der Waals surface area contributed by atoms with Crippen LogP contribution in [-0.2, 0) is 10.8 Å². The highest BCUT2D eigenvalue weighted by atomic mass is 16.5. The molecule has 45 heavy (non-hydrogen) atoms. The maximum Gasteiger partial charge on any atom is 0.137 e. The lowest BCUT2D eigenvalue weighted by Crippen LogP contribution is -2.25. The summed E-state index contributed by atoms with van der Waals surface area (Å²) in [6.45, 7) is 14.2. The van der Waals surface area contributed by atoms with Crippen molar-refractivity contribution in [1.29, 1.82) is 0 Å². The Bertz CT molecular complexity index is 2060. The van der Waals surface area contributed by atoms with Gasteiger partial charge in [-0.25, -0.2) is 4.98 Å². The van der Waals surface area contributed by atoms with Gasteiger partial charge in [0, 0.05) is 52.9 Å². The van der Waals surface area contributed by atoms with Gasteiger partial charge in [-0.1, -0.05) is 77.9 Å². The van der Waals surface area contributed by atoms with Crippen LogP contribution in [-0.4, -0.2) is 16.2 Å². The third kappa shape index (κ3) is 5.55. The van der Waals surface area contributed by atoms with Crippen LogP contribution in [0.1, 0.15) is 52.7 Å². The Morgan fingerprint density at radius 2 is 1.22 bits per heavy atom. The van der Waals surface area contributed by atoms with E-state index in [4.69, 9.17) is 9.72 Å². The molecule has 0 unspecified atom stereocenters. The third-order valence-corrected chi connectivity index (χ3v) is 8.65. The quantitative estimate of drug-likeness (QED) is 0.199. The van der Waals surface area contributed by atoms with Crippen molar-refractivity contribution in [3.8, 4) is 17.3 Å². The van der Waals surface area contributed by atoms with Crippen molar-refractivity contribution in [2.24, 2.45) is 0 Å². The van der Waals surface area contributed by atoms with Gasteiger partial charge in [0.1, 0.15) is 17.3 Å². The zero-order valence-electron chi connectivity index (χ0n) is 27.0. The average Bonchev–Trinajstić information content (AvgIpc) is 3.64. The standard InChI is InChI=1S/C40H40N4O/c1-39(2,3)28-11-9-12-30(23-28)42-21-22-43(27-42)31-13-10-14-32(25-31)45-33-17-18-35-34-15-7-8-16-36(34)44(37(35)26-33)38-24-29(19-20-41-38)40(4,5)6/h7-26H,27H2,1-6H3. The fourth-order valence-corrected chi connectivity index (χ4v) is 6.04. The first-order chi connectivity index (χ1) is 21.5. The van der Waals surface area contributed by atoms with Crippen molar-refractivity contribution < 1.29 is 4.74 Å². The lowest BCUT2D eigenvalue weighted by molar-refractivity contribution is 0.483. The Balaban J connectivity index is 1.18. The van der Waals surface area contributed by atoms with Crippen molar-refractivity contribution >= 4 is 33.2 Å². The van der Waals surface area contributed by atoms with Gasteiger partial charge < -0.3 is 14.5 Å². The summed E-state index contributed by atoms with van der Waals surface area (Å²) in [5.74, 6) is 2.49. The van der Waals surface area contributed by atoms with E-state index in [-0.39, 0.29) is 10.8 Å². The molecule has 0 aliphatic carbocycles. The van der Waals surface area contributed by atoms with Crippen LogP contribution in [0.15, 0.2) is 122 Å². The molecule has 226 valence electrons. The molecular weight excluding hydrogens is 552 g/mol. The molecule has 0 atom stereocenters. The molecule has 0 bridgehead atoms. The second kappa shape index (κ2) is 10.8. The van der Waals surface area contributed by atoms with E-state index in [1.165, 1.54) is 27.6 Å². The maximum absolute atomic E-state index is 6.52. The number of hydrogen-bond donors (Lipinski definition) is 0. The molecule has 0 amide bonds. The Kier molecular flexibility index (Phi) is 6.92. The van der Waals surface area contributed by atoms with Gasteiger partial charge in [0.25, 0.3) is 0 Å². The minimum atomic E-state index is 0.0216. The van der Waals surface area contributed by atoms with Crippen LogP contribution in [0.2, 0.25) is 0 Å². The molecule has 0 spiro atoms. The number of nitrogens with zero attached hydrogens (tertiary/aromatic N) is 4. The van der Waals surface area contributed by atoms with E-state index < -0.39 is 0 Å². The summed E-state index contributed by atoms with van der Waals surface area (Å²) >= 11 is 0. The lowest BCUT2D eigenvalue weighted by atomic mass is 9.87. The summed E-state index contributed by atoms with van der Waals surface area (Å²) in [5.41, 5.74) is 7.18. The first-order valence-corrected chi connectivity index (χ1v) is 15.6. The Morgan fingerprint density at radius 1 is 0.578 bits per heavy atom. The molecule has 0 radical (unpaired) electrons. The number of aromatic nitrogens is 2. The number of pyridine rings is 1. The molecule has 3 heterocycles. The minimum absolute atomic E-state index is 0.0216. The molecule has 5 nitrogen and oxygen atoms in total. The van der Waals surface area contributed by atoms with Crippen LogP contribution in [0.25, 0.3) is 27.6 Å². The average molecular weight is 593 g/mol. The number of anilines is 2. The lowest BCUT2D eigenvalue weighted by Gasteiger charge is -2.24. The van der Waals surface area contributed by atoms with E-state index in [1.807, 2.05) is 12.3 Å². The van der Waals surface area contributed by atoms with E-state index >= 15 is 0 Å². The monoisotopic (exact) mass is 592 g/mol. The molecule has 7 rings (SSSR count). The number of rotatable bonds is 5. The second-order valence-electron chi connectivity index (χ2n) is 14.0. The molecule has 1 aliphatic heterocycles. The molecule has 0 saturated carbocycles. The summed E-state index contributed by atoms with van der Waals surface area (Å²) < 4.78 is 8.77. The zero-order valence-corrected chi connectivity index (χ0v) is 27.0. The number of fused-ring (bicyclic) bond motifs is 3. The Hall–Kier alpha value is -5.03. The Labute approximate surface area is 266 Å². The van der Waals surface area contributed by atoms with Crippen molar-refractivity contribution in [1.82, 2.24) is 9.55 Å². The fourth-order valence-electron chi connectivity index (χ4n) is 6.04. The molecule has 2 aromatic heterocycles. The largest absolute Gasteiger partial charge is 0.457 e. The molecule has 0 saturated heterocycles. The summed E-state index contributed by atoms with van der Waals surface area (Å²) in [5, 5.41) is 2.37. The van der Waals surface area contributed by atoms with E-state index in [9.17, 15) is 0 Å². The van der Waals surface area contributed by atoms with E-state index in [1.54, 1.807) is 0 Å². The van der Waals surface area contributed by atoms with Gasteiger partial charge in [-0.05, 0) is 76.6 Å². The fraction of sp³-hybridized carbons (Fsp3) is 0.225. The van der Waals surface area contributed by atoms with Crippen molar-refractivity contribution in [3.63, 3.8) is 0 Å². The van der Waals surface area contributed by atoms with Gasteiger partial charge in [-0.15, -0.1) is 0 Å². The van der Waals surface area contributed by atoms with Crippen LogP contribution in [0.5, 0.6) is 11.5 Å². The summed E-state index contributed by atoms with van der Waals surface area (Å²) in [6.07, 6.45) is 6.19. The van der Waals surface area contributed by atoms with Gasteiger partial charge in [-0.3, -0.25) is 4.57 Å². The van der Waals surface area contributed by atoms with E-state index in [0.717, 1.165) is 40.7 Å². The zero-order chi connectivity index (χ0) is 31.3. The van der Waals surface area contributed by atoms with Crippen molar-refractivity contribution in [2.75, 3.05) is 16.5 Å². The summed E-state index contributed by atoms with van der Waals surface area (Å²) in [4.78, 5) is 9.33. The third-order valence-electron chi connectivity index (χ3n) is 8.65. The summed E-state index contributed by atoms with van der Waals surface area (Å²) in [6, 6.07) is 36.3. The van der Waals surface area contributed by atoms with Crippen LogP contribution < -0.4 is 14.5 Å². The second-order valence-corrected chi connectivity index (χ2v) is 14.0. The van der Waals surface area contributed by atoms with E-state index in [0.29, 0.717) is 0 Å². The normalized spacial score (nSPS) is 13.7. The minimum Gasteiger partial charge on any atom is -0.457 e. The highest BCUT2D eigenvalue weighted by Crippen LogP contribution is 2.37. The number of ether oxygens (including phenoxy) is 1. The smallest absolute Gasteiger partial charge is 0.137 e.